The second-order valence-corrected chi connectivity index (χ2v) is 3.82. The highest BCUT2D eigenvalue weighted by molar-refractivity contribution is 5.73. The highest BCUT2D eigenvalue weighted by Gasteiger charge is 2.35. The fourth-order valence-corrected chi connectivity index (χ4v) is 2.30. The second-order valence-electron chi connectivity index (χ2n) is 3.82. The number of aliphatic carboxylic acids is 1. The van der Waals surface area contributed by atoms with Gasteiger partial charge >= 0.3 is 5.97 Å². The highest BCUT2D eigenvalue weighted by Crippen LogP contribution is 2.22. The summed E-state index contributed by atoms with van der Waals surface area (Å²) in [5, 5.41) is 13.2. The number of carbonyl (C=O) groups is 1. The summed E-state index contributed by atoms with van der Waals surface area (Å²) < 4.78 is 0. The first-order valence-corrected chi connectivity index (χ1v) is 5.03. The zero-order valence-corrected chi connectivity index (χ0v) is 7.78. The highest BCUT2D eigenvalue weighted by atomic mass is 16.4. The molecule has 74 valence electrons. The van der Waals surface area contributed by atoms with Gasteiger partial charge in [0.15, 0.2) is 0 Å². The lowest BCUT2D eigenvalue weighted by molar-refractivity contribution is -0.148. The first-order valence-electron chi connectivity index (χ1n) is 5.03. The van der Waals surface area contributed by atoms with E-state index in [0.717, 1.165) is 32.5 Å². The number of hydrogen-bond acceptors (Lipinski definition) is 3. The Hall–Kier alpha value is -0.610. The van der Waals surface area contributed by atoms with E-state index in [9.17, 15) is 4.79 Å². The maximum atomic E-state index is 10.9. The lowest BCUT2D eigenvalue weighted by Crippen LogP contribution is -2.47. The Morgan fingerprint density at radius 1 is 1.15 bits per heavy atom. The van der Waals surface area contributed by atoms with Crippen LogP contribution < -0.4 is 0 Å². The third kappa shape index (κ3) is 1.69. The van der Waals surface area contributed by atoms with Gasteiger partial charge in [-0.05, 0) is 25.7 Å². The van der Waals surface area contributed by atoms with Crippen LogP contribution in [0.3, 0.4) is 0 Å². The predicted octanol–water partition coefficient (Wildman–Crippen LogP) is 0.546. The lowest BCUT2D eigenvalue weighted by atomic mass is 10.2. The number of rotatable bonds is 2. The molecule has 4 nitrogen and oxygen atoms in total. The maximum absolute atomic E-state index is 10.9. The molecule has 2 saturated heterocycles. The van der Waals surface area contributed by atoms with E-state index < -0.39 is 5.97 Å². The number of hydrazine groups is 1. The maximum Gasteiger partial charge on any atom is 0.322 e. The van der Waals surface area contributed by atoms with Crippen molar-refractivity contribution in [1.82, 2.24) is 10.0 Å². The van der Waals surface area contributed by atoms with E-state index >= 15 is 0 Å². The summed E-state index contributed by atoms with van der Waals surface area (Å²) in [6, 6.07) is -0.252. The average molecular weight is 184 g/mol. The molecule has 2 heterocycles. The molecule has 2 aliphatic rings. The van der Waals surface area contributed by atoms with Crippen LogP contribution in [0.4, 0.5) is 0 Å². The van der Waals surface area contributed by atoms with Gasteiger partial charge in [0.25, 0.3) is 0 Å². The molecule has 4 heteroatoms. The normalized spacial score (nSPS) is 31.2. The van der Waals surface area contributed by atoms with E-state index in [-0.39, 0.29) is 6.04 Å². The van der Waals surface area contributed by atoms with E-state index in [0.29, 0.717) is 0 Å². The van der Waals surface area contributed by atoms with Gasteiger partial charge in [-0.2, -0.15) is 0 Å². The van der Waals surface area contributed by atoms with E-state index in [1.54, 1.807) is 0 Å². The Morgan fingerprint density at radius 3 is 2.46 bits per heavy atom. The van der Waals surface area contributed by atoms with Crippen molar-refractivity contribution in [1.29, 1.82) is 0 Å². The molecule has 0 aromatic heterocycles. The predicted molar refractivity (Wildman–Crippen MR) is 48.2 cm³/mol. The average Bonchev–Trinajstić information content (AvgIpc) is 2.74. The molecular formula is C9H16N2O2. The number of hydrogen-bond donors (Lipinski definition) is 1. The standard InChI is InChI=1S/C9H16N2O2/c12-9(13)8-4-3-7-11(8)10-5-1-2-6-10/h8H,1-7H2,(H,12,13)/t8-/m0/s1. The van der Waals surface area contributed by atoms with Crippen molar-refractivity contribution in [3.63, 3.8) is 0 Å². The fourth-order valence-electron chi connectivity index (χ4n) is 2.30. The van der Waals surface area contributed by atoms with Gasteiger partial charge in [0.05, 0.1) is 0 Å². The van der Waals surface area contributed by atoms with Crippen LogP contribution in [0.5, 0.6) is 0 Å². The summed E-state index contributed by atoms with van der Waals surface area (Å²) in [5.41, 5.74) is 0. The molecule has 0 aromatic carbocycles. The van der Waals surface area contributed by atoms with Gasteiger partial charge in [-0.15, -0.1) is 0 Å². The number of carboxylic acid groups (broad SMARTS) is 1. The van der Waals surface area contributed by atoms with Gasteiger partial charge in [-0.25, -0.2) is 10.0 Å². The van der Waals surface area contributed by atoms with Crippen molar-refractivity contribution in [3.05, 3.63) is 0 Å². The molecule has 1 atom stereocenters. The van der Waals surface area contributed by atoms with E-state index in [2.05, 4.69) is 10.0 Å². The van der Waals surface area contributed by atoms with E-state index in [1.807, 2.05) is 0 Å². The quantitative estimate of drug-likeness (QED) is 0.680. The first-order chi connectivity index (χ1) is 6.29. The van der Waals surface area contributed by atoms with Gasteiger partial charge < -0.3 is 5.11 Å². The van der Waals surface area contributed by atoms with Crippen molar-refractivity contribution < 1.29 is 9.90 Å². The zero-order valence-electron chi connectivity index (χ0n) is 7.78. The fraction of sp³-hybridized carbons (Fsp3) is 0.889. The summed E-state index contributed by atoms with van der Waals surface area (Å²) >= 11 is 0. The molecule has 2 fully saturated rings. The smallest absolute Gasteiger partial charge is 0.322 e. The minimum Gasteiger partial charge on any atom is -0.480 e. The Labute approximate surface area is 78.1 Å². The summed E-state index contributed by atoms with van der Waals surface area (Å²) in [5.74, 6) is -0.663. The minimum absolute atomic E-state index is 0.252. The molecule has 0 aromatic rings. The zero-order chi connectivity index (χ0) is 9.26. The topological polar surface area (TPSA) is 43.8 Å². The minimum atomic E-state index is -0.663. The molecule has 1 N–H and O–H groups in total. The van der Waals surface area contributed by atoms with Crippen molar-refractivity contribution in [3.8, 4) is 0 Å². The Morgan fingerprint density at radius 2 is 1.85 bits per heavy atom. The van der Waals surface area contributed by atoms with Crippen molar-refractivity contribution in [2.45, 2.75) is 31.7 Å². The van der Waals surface area contributed by atoms with Gasteiger partial charge in [-0.1, -0.05) is 0 Å². The largest absolute Gasteiger partial charge is 0.480 e. The Bertz CT molecular complexity index is 202. The van der Waals surface area contributed by atoms with Crippen molar-refractivity contribution in [2.75, 3.05) is 19.6 Å². The van der Waals surface area contributed by atoms with Crippen LogP contribution in [0, 0.1) is 0 Å². The lowest BCUT2D eigenvalue weighted by Gasteiger charge is -2.30. The molecule has 0 amide bonds. The molecule has 13 heavy (non-hydrogen) atoms. The van der Waals surface area contributed by atoms with Crippen LogP contribution in [0.25, 0.3) is 0 Å². The van der Waals surface area contributed by atoms with Crippen molar-refractivity contribution >= 4 is 5.97 Å². The third-order valence-electron chi connectivity index (χ3n) is 2.96. The summed E-state index contributed by atoms with van der Waals surface area (Å²) in [6.07, 6.45) is 4.25. The molecule has 0 unspecified atom stereocenters. The van der Waals surface area contributed by atoms with E-state index in [1.165, 1.54) is 12.8 Å². The molecule has 0 radical (unpaired) electrons. The number of carboxylic acids is 1. The summed E-state index contributed by atoms with van der Waals surface area (Å²) in [4.78, 5) is 10.9. The van der Waals surface area contributed by atoms with E-state index in [4.69, 9.17) is 5.11 Å². The molecule has 2 rings (SSSR count). The monoisotopic (exact) mass is 184 g/mol. The molecular weight excluding hydrogens is 168 g/mol. The van der Waals surface area contributed by atoms with Gasteiger partial charge in [0.2, 0.25) is 0 Å². The van der Waals surface area contributed by atoms with Crippen LogP contribution in [-0.4, -0.2) is 46.8 Å². The van der Waals surface area contributed by atoms with Crippen molar-refractivity contribution in [2.24, 2.45) is 0 Å². The molecule has 0 aliphatic carbocycles. The SMILES string of the molecule is O=C(O)[C@@H]1CCCN1N1CCCC1. The van der Waals surface area contributed by atoms with Crippen LogP contribution in [0.2, 0.25) is 0 Å². The Balaban J connectivity index is 2.00. The van der Waals surface area contributed by atoms with Crippen LogP contribution in [0.1, 0.15) is 25.7 Å². The second kappa shape index (κ2) is 3.64. The molecule has 2 aliphatic heterocycles. The molecule has 0 saturated carbocycles. The van der Waals surface area contributed by atoms with Gasteiger partial charge in [-0.3, -0.25) is 4.79 Å². The third-order valence-corrected chi connectivity index (χ3v) is 2.96. The first kappa shape index (κ1) is 8.97. The summed E-state index contributed by atoms with van der Waals surface area (Å²) in [6.45, 7) is 3.02. The van der Waals surface area contributed by atoms with Gasteiger partial charge in [0.1, 0.15) is 6.04 Å². The molecule has 0 spiro atoms. The Kier molecular flexibility index (Phi) is 2.51. The molecule has 0 bridgehead atoms. The van der Waals surface area contributed by atoms with Crippen LogP contribution in [-0.2, 0) is 4.79 Å². The number of nitrogens with zero attached hydrogens (tertiary/aromatic N) is 2. The summed E-state index contributed by atoms with van der Waals surface area (Å²) in [7, 11) is 0. The van der Waals surface area contributed by atoms with Crippen LogP contribution >= 0.6 is 0 Å². The van der Waals surface area contributed by atoms with Gasteiger partial charge in [0, 0.05) is 19.6 Å². The van der Waals surface area contributed by atoms with Crippen LogP contribution in [0.15, 0.2) is 0 Å².